The predicted octanol–water partition coefficient (Wildman–Crippen LogP) is 5.48. The molecule has 0 spiro atoms. The van der Waals surface area contributed by atoms with Gasteiger partial charge in [0.05, 0.1) is 6.61 Å². The highest BCUT2D eigenvalue weighted by Gasteiger charge is 2.04. The molecule has 6 heteroatoms. The van der Waals surface area contributed by atoms with Gasteiger partial charge in [0.2, 0.25) is 11.8 Å². The third-order valence-corrected chi connectivity index (χ3v) is 4.94. The Morgan fingerprint density at radius 2 is 1.43 bits per heavy atom. The van der Waals surface area contributed by atoms with Crippen molar-refractivity contribution in [1.29, 1.82) is 0 Å². The molecule has 0 amide bonds. The second-order valence-electron chi connectivity index (χ2n) is 7.60. The van der Waals surface area contributed by atoms with E-state index in [1.54, 1.807) is 6.07 Å². The number of aromatic nitrogens is 2. The Kier molecular flexibility index (Phi) is 14.1. The van der Waals surface area contributed by atoms with Crippen molar-refractivity contribution in [3.05, 3.63) is 11.6 Å². The molecule has 0 atom stereocenters. The van der Waals surface area contributed by atoms with Gasteiger partial charge in [-0.1, -0.05) is 90.9 Å². The predicted molar refractivity (Wildman–Crippen MR) is 116 cm³/mol. The molecule has 0 aliphatic heterocycles. The molecule has 1 aromatic rings. The number of ether oxygens (including phenoxy) is 1. The Morgan fingerprint density at radius 1 is 0.893 bits per heavy atom. The first kappa shape index (κ1) is 24.3. The summed E-state index contributed by atoms with van der Waals surface area (Å²) in [6.07, 6.45) is 17.8. The van der Waals surface area contributed by atoms with Crippen molar-refractivity contribution in [3.8, 4) is 5.88 Å². The van der Waals surface area contributed by atoms with E-state index in [-0.39, 0.29) is 5.95 Å². The highest BCUT2D eigenvalue weighted by Crippen LogP contribution is 2.12. The van der Waals surface area contributed by atoms with Crippen LogP contribution >= 0.6 is 0 Å². The Bertz CT molecular complexity index is 572. The lowest BCUT2D eigenvalue weighted by atomic mass is 10.1. The molecule has 28 heavy (non-hydrogen) atoms. The van der Waals surface area contributed by atoms with Crippen LogP contribution in [0.4, 0.5) is 5.95 Å². The van der Waals surface area contributed by atoms with E-state index in [4.69, 9.17) is 10.5 Å². The van der Waals surface area contributed by atoms with Gasteiger partial charge in [0.1, 0.15) is 0 Å². The van der Waals surface area contributed by atoms with Gasteiger partial charge in [-0.25, -0.2) is 0 Å². The van der Waals surface area contributed by atoms with Crippen LogP contribution in [0.25, 0.3) is 0 Å². The van der Waals surface area contributed by atoms with E-state index < -0.39 is 0 Å². The topological polar surface area (TPSA) is 85.7 Å². The zero-order chi connectivity index (χ0) is 20.5. The molecule has 1 rings (SSSR count). The molecule has 0 aromatic carbocycles. The molecule has 1 aromatic heterocycles. The molecule has 0 saturated heterocycles. The first-order valence-corrected chi connectivity index (χ1v) is 11.4. The summed E-state index contributed by atoms with van der Waals surface area (Å²) in [5.74, 6) is 0.423. The van der Waals surface area contributed by atoms with Crippen LogP contribution in [0.1, 0.15) is 104 Å². The molecule has 6 nitrogen and oxygen atoms in total. The number of nitrogens with two attached hydrogens (primary N) is 1. The molecular weight excluding hydrogens is 352 g/mol. The fourth-order valence-corrected chi connectivity index (χ4v) is 3.14. The average Bonchev–Trinajstić information content (AvgIpc) is 2.69. The Balaban J connectivity index is 2.18. The summed E-state index contributed by atoms with van der Waals surface area (Å²) >= 11 is 0. The maximum atomic E-state index is 9.96. The lowest BCUT2D eigenvalue weighted by Gasteiger charge is -2.07. The van der Waals surface area contributed by atoms with Crippen molar-refractivity contribution in [1.82, 2.24) is 9.71 Å². The number of nitrogen functional groups attached to an aromatic ring is 1. The Morgan fingerprint density at radius 3 is 2.00 bits per heavy atom. The van der Waals surface area contributed by atoms with Crippen LogP contribution in [0.2, 0.25) is 0 Å². The smallest absolute Gasteiger partial charge is 0.239 e. The van der Waals surface area contributed by atoms with E-state index in [0.29, 0.717) is 24.5 Å². The summed E-state index contributed by atoms with van der Waals surface area (Å²) in [5.41, 5.74) is 6.14. The zero-order valence-corrected chi connectivity index (χ0v) is 18.2. The fraction of sp³-hybridized carbons (Fsp3) is 0.818. The summed E-state index contributed by atoms with van der Waals surface area (Å²) in [6, 6.07) is 1.65. The van der Waals surface area contributed by atoms with E-state index in [9.17, 15) is 5.21 Å². The second kappa shape index (κ2) is 16.3. The molecule has 0 radical (unpaired) electrons. The maximum Gasteiger partial charge on any atom is 0.239 e. The quantitative estimate of drug-likeness (QED) is 0.270. The van der Waals surface area contributed by atoms with Gasteiger partial charge in [0, 0.05) is 12.6 Å². The van der Waals surface area contributed by atoms with Crippen LogP contribution in [0.5, 0.6) is 5.88 Å². The minimum Gasteiger partial charge on any atom is -0.477 e. The molecule has 0 unspecified atom stereocenters. The minimum absolute atomic E-state index is 0.00226. The number of hydrogen-bond acceptors (Lipinski definition) is 5. The minimum atomic E-state index is 0.00226. The molecular formula is C22H42N4O2. The highest BCUT2D eigenvalue weighted by molar-refractivity contribution is 5.21. The number of hydrogen-bond donors (Lipinski definition) is 2. The third kappa shape index (κ3) is 11.2. The van der Waals surface area contributed by atoms with Crippen LogP contribution in [-0.2, 0) is 0 Å². The van der Waals surface area contributed by atoms with Crippen LogP contribution in [0.3, 0.4) is 0 Å². The second-order valence-corrected chi connectivity index (χ2v) is 7.60. The van der Waals surface area contributed by atoms with Crippen LogP contribution in [0, 0.1) is 0 Å². The van der Waals surface area contributed by atoms with Crippen molar-refractivity contribution in [2.24, 2.45) is 4.99 Å². The first-order chi connectivity index (χ1) is 13.7. The molecule has 0 bridgehead atoms. The molecule has 162 valence electrons. The van der Waals surface area contributed by atoms with Crippen molar-refractivity contribution < 1.29 is 9.94 Å². The van der Waals surface area contributed by atoms with Gasteiger partial charge < -0.3 is 15.7 Å². The summed E-state index contributed by atoms with van der Waals surface area (Å²) < 4.78 is 6.39. The molecule has 0 aliphatic rings. The number of rotatable bonds is 17. The maximum absolute atomic E-state index is 9.96. The van der Waals surface area contributed by atoms with Gasteiger partial charge in [-0.2, -0.15) is 4.98 Å². The van der Waals surface area contributed by atoms with E-state index in [0.717, 1.165) is 24.0 Å². The lowest BCUT2D eigenvalue weighted by molar-refractivity contribution is 0.171. The van der Waals surface area contributed by atoms with E-state index in [1.807, 2.05) is 0 Å². The molecule has 0 aliphatic carbocycles. The summed E-state index contributed by atoms with van der Waals surface area (Å²) in [4.78, 5) is 8.48. The lowest BCUT2D eigenvalue weighted by Crippen LogP contribution is -2.24. The molecule has 1 heterocycles. The standard InChI is InChI=1S/C22H42N4O2/c1-3-5-7-8-9-10-11-12-13-14-15-16-17-24-20-19-21(28-18-6-4-2)25-22(23)26(20)27/h19,27H,3-18H2,1-2H3,(H2,23,25). The van der Waals surface area contributed by atoms with E-state index in [1.165, 1.54) is 70.6 Å². The number of anilines is 1. The van der Waals surface area contributed by atoms with E-state index >= 15 is 0 Å². The van der Waals surface area contributed by atoms with Gasteiger partial charge in [0.25, 0.3) is 0 Å². The van der Waals surface area contributed by atoms with Crippen molar-refractivity contribution in [3.63, 3.8) is 0 Å². The van der Waals surface area contributed by atoms with Gasteiger partial charge in [-0.05, 0) is 12.8 Å². The Labute approximate surface area is 171 Å². The molecule has 0 fully saturated rings. The van der Waals surface area contributed by atoms with Gasteiger partial charge in [-0.3, -0.25) is 4.99 Å². The number of nitrogens with zero attached hydrogens (tertiary/aromatic N) is 3. The fourth-order valence-electron chi connectivity index (χ4n) is 3.14. The van der Waals surface area contributed by atoms with E-state index in [2.05, 4.69) is 23.8 Å². The normalized spacial score (nSPS) is 11.9. The zero-order valence-electron chi connectivity index (χ0n) is 18.2. The highest BCUT2D eigenvalue weighted by atomic mass is 16.5. The third-order valence-electron chi connectivity index (χ3n) is 4.94. The number of unbranched alkanes of at least 4 members (excludes halogenated alkanes) is 12. The Hall–Kier alpha value is -1.72. The van der Waals surface area contributed by atoms with Crippen LogP contribution < -0.4 is 16.0 Å². The monoisotopic (exact) mass is 394 g/mol. The van der Waals surface area contributed by atoms with Crippen LogP contribution in [0.15, 0.2) is 11.1 Å². The van der Waals surface area contributed by atoms with Crippen molar-refractivity contribution >= 4 is 5.95 Å². The summed E-state index contributed by atoms with van der Waals surface area (Å²) in [5, 5.41) is 9.96. The largest absolute Gasteiger partial charge is 0.477 e. The SMILES string of the molecule is CCCCCCCCCCCCCCN=c1cc(OCCCC)nc(N)n1O. The van der Waals surface area contributed by atoms with Crippen LogP contribution in [-0.4, -0.2) is 28.1 Å². The van der Waals surface area contributed by atoms with Crippen molar-refractivity contribution in [2.45, 2.75) is 104 Å². The molecule has 0 saturated carbocycles. The molecule has 3 N–H and O–H groups in total. The van der Waals surface area contributed by atoms with Gasteiger partial charge in [-0.15, -0.1) is 4.73 Å². The average molecular weight is 395 g/mol. The summed E-state index contributed by atoms with van der Waals surface area (Å²) in [7, 11) is 0. The van der Waals surface area contributed by atoms with Gasteiger partial charge >= 0.3 is 0 Å². The first-order valence-electron chi connectivity index (χ1n) is 11.4. The summed E-state index contributed by atoms with van der Waals surface area (Å²) in [6.45, 7) is 5.64. The van der Waals surface area contributed by atoms with Crippen molar-refractivity contribution in [2.75, 3.05) is 18.9 Å². The van der Waals surface area contributed by atoms with Gasteiger partial charge in [0.15, 0.2) is 5.49 Å².